The number of oxazole rings is 1. The number of pyridine rings is 1. The standard InChI is InChI=1S/C22H25N5O3/c1-13-19(30-14(2)25-13)21(29)27-7-4-22(5-8-27)10-16(22)12-24-20(28)18-9-15-11-23-6-3-17(15)26-18/h3,6,9,11,16,26H,4-5,7-8,10,12H2,1-2H3,(H,24,28). The molecule has 8 heteroatoms. The van der Waals surface area contributed by atoms with Gasteiger partial charge < -0.3 is 19.6 Å². The number of H-pyrrole nitrogens is 1. The fraction of sp³-hybridized carbons (Fsp3) is 0.455. The summed E-state index contributed by atoms with van der Waals surface area (Å²) in [6.07, 6.45) is 6.48. The number of likely N-dealkylation sites (tertiary alicyclic amines) is 1. The van der Waals surface area contributed by atoms with Crippen LogP contribution in [0.1, 0.15) is 51.9 Å². The smallest absolute Gasteiger partial charge is 0.291 e. The van der Waals surface area contributed by atoms with Gasteiger partial charge in [-0.1, -0.05) is 0 Å². The topological polar surface area (TPSA) is 104 Å². The third-order valence-electron chi connectivity index (χ3n) is 6.68. The van der Waals surface area contributed by atoms with Gasteiger partial charge in [-0.15, -0.1) is 0 Å². The third-order valence-corrected chi connectivity index (χ3v) is 6.68. The number of fused-ring (bicyclic) bond motifs is 1. The molecule has 1 saturated carbocycles. The van der Waals surface area contributed by atoms with Crippen molar-refractivity contribution in [3.05, 3.63) is 47.6 Å². The van der Waals surface area contributed by atoms with Crippen LogP contribution in [0.25, 0.3) is 10.9 Å². The van der Waals surface area contributed by atoms with Crippen LogP contribution in [-0.2, 0) is 0 Å². The number of carbonyl (C=O) groups is 2. The first-order valence-electron chi connectivity index (χ1n) is 10.4. The summed E-state index contributed by atoms with van der Waals surface area (Å²) >= 11 is 0. The summed E-state index contributed by atoms with van der Waals surface area (Å²) in [4.78, 5) is 38.5. The second-order valence-corrected chi connectivity index (χ2v) is 8.56. The normalized spacial score (nSPS) is 19.9. The highest BCUT2D eigenvalue weighted by molar-refractivity contribution is 5.97. The lowest BCUT2D eigenvalue weighted by Crippen LogP contribution is -2.40. The molecule has 156 valence electrons. The zero-order valence-electron chi connectivity index (χ0n) is 17.2. The van der Waals surface area contributed by atoms with E-state index in [1.54, 1.807) is 26.2 Å². The molecule has 8 nitrogen and oxygen atoms in total. The lowest BCUT2D eigenvalue weighted by Gasteiger charge is -2.32. The van der Waals surface area contributed by atoms with Gasteiger partial charge in [0.1, 0.15) is 5.69 Å². The molecule has 2 N–H and O–H groups in total. The van der Waals surface area contributed by atoms with Crippen LogP contribution < -0.4 is 5.32 Å². The summed E-state index contributed by atoms with van der Waals surface area (Å²) in [6, 6.07) is 3.69. The molecular weight excluding hydrogens is 382 g/mol. The number of aryl methyl sites for hydroxylation is 2. The van der Waals surface area contributed by atoms with Crippen molar-refractivity contribution in [3.63, 3.8) is 0 Å². The summed E-state index contributed by atoms with van der Waals surface area (Å²) in [6.45, 7) is 5.67. The minimum Gasteiger partial charge on any atom is -0.436 e. The minimum absolute atomic E-state index is 0.0678. The molecule has 5 rings (SSSR count). The van der Waals surface area contributed by atoms with Crippen LogP contribution in [0.2, 0.25) is 0 Å². The van der Waals surface area contributed by atoms with Crippen molar-refractivity contribution in [3.8, 4) is 0 Å². The van der Waals surface area contributed by atoms with Crippen molar-refractivity contribution in [2.45, 2.75) is 33.1 Å². The molecule has 1 unspecified atom stereocenters. The van der Waals surface area contributed by atoms with Crippen molar-refractivity contribution >= 4 is 22.7 Å². The quantitative estimate of drug-likeness (QED) is 0.692. The third kappa shape index (κ3) is 3.26. The Balaban J connectivity index is 1.14. The molecular formula is C22H25N5O3. The van der Waals surface area contributed by atoms with Gasteiger partial charge in [0.2, 0.25) is 5.76 Å². The van der Waals surface area contributed by atoms with Crippen LogP contribution in [0.15, 0.2) is 28.9 Å². The largest absolute Gasteiger partial charge is 0.436 e. The molecule has 0 bridgehead atoms. The molecule has 2 amide bonds. The maximum absolute atomic E-state index is 12.7. The predicted octanol–water partition coefficient (Wildman–Crippen LogP) is 2.84. The second-order valence-electron chi connectivity index (χ2n) is 8.56. The van der Waals surface area contributed by atoms with Crippen LogP contribution in [0.5, 0.6) is 0 Å². The van der Waals surface area contributed by atoms with E-state index < -0.39 is 0 Å². The number of carbonyl (C=O) groups excluding carboxylic acids is 2. The lowest BCUT2D eigenvalue weighted by molar-refractivity contribution is 0.0634. The van der Waals surface area contributed by atoms with Crippen molar-refractivity contribution in [1.29, 1.82) is 0 Å². The van der Waals surface area contributed by atoms with E-state index in [-0.39, 0.29) is 17.2 Å². The fourth-order valence-electron chi connectivity index (χ4n) is 4.77. The van der Waals surface area contributed by atoms with Crippen LogP contribution in [0.3, 0.4) is 0 Å². The van der Waals surface area contributed by atoms with Crippen molar-refractivity contribution in [2.75, 3.05) is 19.6 Å². The molecule has 3 aromatic heterocycles. The number of hydrogen-bond donors (Lipinski definition) is 2. The summed E-state index contributed by atoms with van der Waals surface area (Å²) in [5.41, 5.74) is 2.37. The van der Waals surface area contributed by atoms with E-state index in [0.29, 0.717) is 35.5 Å². The van der Waals surface area contributed by atoms with E-state index in [0.717, 1.165) is 43.3 Å². The maximum atomic E-state index is 12.7. The van der Waals surface area contributed by atoms with E-state index in [9.17, 15) is 9.59 Å². The molecule has 2 aliphatic rings. The van der Waals surface area contributed by atoms with Gasteiger partial charge in [0.25, 0.3) is 11.8 Å². The molecule has 0 radical (unpaired) electrons. The first kappa shape index (κ1) is 18.8. The number of aromatic nitrogens is 3. The van der Waals surface area contributed by atoms with Crippen molar-refractivity contribution in [1.82, 2.24) is 25.2 Å². The van der Waals surface area contributed by atoms with Gasteiger partial charge in [-0.05, 0) is 49.7 Å². The molecule has 1 spiro atoms. The van der Waals surface area contributed by atoms with Crippen LogP contribution in [-0.4, -0.2) is 51.3 Å². The Hall–Kier alpha value is -3.16. The summed E-state index contributed by atoms with van der Waals surface area (Å²) < 4.78 is 5.49. The zero-order valence-corrected chi connectivity index (χ0v) is 17.2. The Bertz CT molecular complexity index is 1090. The highest BCUT2D eigenvalue weighted by Crippen LogP contribution is 2.59. The lowest BCUT2D eigenvalue weighted by atomic mass is 9.90. The molecule has 30 heavy (non-hydrogen) atoms. The number of piperidine rings is 1. The molecule has 1 atom stereocenters. The Kier molecular flexibility index (Phi) is 4.38. The van der Waals surface area contributed by atoms with Crippen molar-refractivity contribution in [2.24, 2.45) is 11.3 Å². The van der Waals surface area contributed by atoms with Gasteiger partial charge in [0, 0.05) is 49.9 Å². The predicted molar refractivity (Wildman–Crippen MR) is 110 cm³/mol. The van der Waals surface area contributed by atoms with Crippen LogP contribution in [0.4, 0.5) is 0 Å². The Morgan fingerprint density at radius 2 is 2.13 bits per heavy atom. The Morgan fingerprint density at radius 1 is 1.33 bits per heavy atom. The summed E-state index contributed by atoms with van der Waals surface area (Å²) in [5, 5.41) is 4.00. The van der Waals surface area contributed by atoms with E-state index in [2.05, 4.69) is 20.3 Å². The van der Waals surface area contributed by atoms with E-state index in [1.807, 2.05) is 17.0 Å². The molecule has 2 fully saturated rings. The average molecular weight is 407 g/mol. The number of amides is 2. The van der Waals surface area contributed by atoms with Gasteiger partial charge in [-0.3, -0.25) is 14.6 Å². The molecule has 4 heterocycles. The van der Waals surface area contributed by atoms with Gasteiger partial charge in [-0.25, -0.2) is 4.98 Å². The number of nitrogens with zero attached hydrogens (tertiary/aromatic N) is 3. The van der Waals surface area contributed by atoms with Gasteiger partial charge >= 0.3 is 0 Å². The van der Waals surface area contributed by atoms with E-state index in [4.69, 9.17) is 4.42 Å². The maximum Gasteiger partial charge on any atom is 0.291 e. The van der Waals surface area contributed by atoms with Gasteiger partial charge in [-0.2, -0.15) is 0 Å². The molecule has 1 aliphatic heterocycles. The van der Waals surface area contributed by atoms with Gasteiger partial charge in [0.05, 0.1) is 5.69 Å². The average Bonchev–Trinajstić information content (AvgIpc) is 3.07. The van der Waals surface area contributed by atoms with E-state index in [1.165, 1.54) is 0 Å². The van der Waals surface area contributed by atoms with Crippen LogP contribution >= 0.6 is 0 Å². The molecule has 3 aromatic rings. The summed E-state index contributed by atoms with van der Waals surface area (Å²) in [7, 11) is 0. The monoisotopic (exact) mass is 407 g/mol. The summed E-state index contributed by atoms with van der Waals surface area (Å²) in [5.74, 6) is 1.20. The Morgan fingerprint density at radius 3 is 2.83 bits per heavy atom. The Labute approximate surface area is 174 Å². The second kappa shape index (κ2) is 6.97. The number of rotatable bonds is 4. The molecule has 1 aliphatic carbocycles. The highest BCUT2D eigenvalue weighted by Gasteiger charge is 2.55. The van der Waals surface area contributed by atoms with E-state index >= 15 is 0 Å². The van der Waals surface area contributed by atoms with Gasteiger partial charge in [0.15, 0.2) is 5.89 Å². The molecule has 0 aromatic carbocycles. The SMILES string of the molecule is Cc1nc(C)c(C(=O)N2CCC3(CC2)CC3CNC(=O)c2cc3cnccc3[nH]2)o1. The first-order valence-corrected chi connectivity index (χ1v) is 10.4. The zero-order chi connectivity index (χ0) is 20.9. The number of hydrogen-bond acceptors (Lipinski definition) is 5. The minimum atomic E-state index is -0.0861. The van der Waals surface area contributed by atoms with Crippen LogP contribution in [0, 0.1) is 25.2 Å². The fourth-order valence-corrected chi connectivity index (χ4v) is 4.77. The first-order chi connectivity index (χ1) is 14.4. The number of aromatic amines is 1. The number of nitrogens with one attached hydrogen (secondary N) is 2. The van der Waals surface area contributed by atoms with Crippen molar-refractivity contribution < 1.29 is 14.0 Å². The molecule has 1 saturated heterocycles. The highest BCUT2D eigenvalue weighted by atomic mass is 16.4.